The molecule has 0 aliphatic rings. The smallest absolute Gasteiger partial charge is 0.119 e. The monoisotopic (exact) mass is 282 g/mol. The molecule has 0 bridgehead atoms. The van der Waals surface area contributed by atoms with Gasteiger partial charge in [0.1, 0.15) is 12.4 Å². The second kappa shape index (κ2) is 6.80. The molecular weight excluding hydrogens is 256 g/mol. The fraction of sp³-hybridized carbons (Fsp3) is 0.400. The lowest BCUT2D eigenvalue weighted by Gasteiger charge is -2.16. The van der Waals surface area contributed by atoms with Crippen molar-refractivity contribution in [3.05, 3.63) is 63.7 Å². The molecule has 0 spiro atoms. The van der Waals surface area contributed by atoms with Crippen molar-refractivity contribution in [2.75, 3.05) is 0 Å². The van der Waals surface area contributed by atoms with Gasteiger partial charge in [0.25, 0.3) is 0 Å². The molecule has 1 heteroatoms. The van der Waals surface area contributed by atoms with E-state index in [2.05, 4.69) is 65.0 Å². The first-order valence-corrected chi connectivity index (χ1v) is 7.81. The van der Waals surface area contributed by atoms with Gasteiger partial charge in [0, 0.05) is 0 Å². The number of aryl methyl sites for hydroxylation is 3. The maximum atomic E-state index is 6.00. The Morgan fingerprint density at radius 1 is 0.857 bits per heavy atom. The summed E-state index contributed by atoms with van der Waals surface area (Å²) in [6, 6.07) is 10.8. The largest absolute Gasteiger partial charge is 0.489 e. The Morgan fingerprint density at radius 2 is 1.43 bits per heavy atom. The van der Waals surface area contributed by atoms with Crippen molar-refractivity contribution in [1.82, 2.24) is 0 Å². The van der Waals surface area contributed by atoms with Crippen LogP contribution < -0.4 is 4.74 Å². The van der Waals surface area contributed by atoms with Crippen molar-refractivity contribution in [2.45, 2.75) is 54.1 Å². The van der Waals surface area contributed by atoms with Gasteiger partial charge in [-0.05, 0) is 79.6 Å². The summed E-state index contributed by atoms with van der Waals surface area (Å²) in [6.07, 6.45) is 2.32. The molecule has 2 aromatic rings. The molecule has 0 aromatic heterocycles. The van der Waals surface area contributed by atoms with Gasteiger partial charge in [-0.1, -0.05) is 31.5 Å². The fourth-order valence-corrected chi connectivity index (χ4v) is 2.71. The van der Waals surface area contributed by atoms with Crippen LogP contribution in [0.4, 0.5) is 0 Å². The van der Waals surface area contributed by atoms with Crippen molar-refractivity contribution < 1.29 is 4.74 Å². The zero-order chi connectivity index (χ0) is 15.4. The molecule has 0 fully saturated rings. The molecule has 1 nitrogen and oxygen atoms in total. The van der Waals surface area contributed by atoms with Gasteiger partial charge in [0.15, 0.2) is 0 Å². The van der Waals surface area contributed by atoms with Crippen LogP contribution in [0.3, 0.4) is 0 Å². The van der Waals surface area contributed by atoms with Crippen LogP contribution in [0, 0.1) is 27.7 Å². The molecule has 21 heavy (non-hydrogen) atoms. The van der Waals surface area contributed by atoms with E-state index in [9.17, 15) is 0 Å². The summed E-state index contributed by atoms with van der Waals surface area (Å²) in [4.78, 5) is 0. The third kappa shape index (κ3) is 3.66. The molecule has 0 radical (unpaired) electrons. The first-order chi connectivity index (χ1) is 10.0. The number of ether oxygens (including phenoxy) is 1. The highest BCUT2D eigenvalue weighted by molar-refractivity contribution is 5.44. The van der Waals surface area contributed by atoms with E-state index in [1.165, 1.54) is 39.8 Å². The average Bonchev–Trinajstić information content (AvgIpc) is 2.47. The SMILES string of the molecule is CCCc1ccc(OCc2c(C)c(C)cc(C)c2C)cc1. The van der Waals surface area contributed by atoms with E-state index in [1.807, 2.05) is 0 Å². The number of rotatable bonds is 5. The molecule has 0 unspecified atom stereocenters. The van der Waals surface area contributed by atoms with Crippen LogP contribution in [0.25, 0.3) is 0 Å². The number of hydrogen-bond acceptors (Lipinski definition) is 1. The van der Waals surface area contributed by atoms with Gasteiger partial charge < -0.3 is 4.74 Å². The molecule has 0 saturated carbocycles. The quantitative estimate of drug-likeness (QED) is 0.708. The van der Waals surface area contributed by atoms with Crippen LogP contribution in [-0.4, -0.2) is 0 Å². The molecule has 0 atom stereocenters. The van der Waals surface area contributed by atoms with Gasteiger partial charge in [0.05, 0.1) is 0 Å². The number of hydrogen-bond donors (Lipinski definition) is 0. The van der Waals surface area contributed by atoms with Crippen molar-refractivity contribution in [1.29, 1.82) is 0 Å². The van der Waals surface area contributed by atoms with E-state index in [1.54, 1.807) is 0 Å². The summed E-state index contributed by atoms with van der Waals surface area (Å²) in [5, 5.41) is 0. The van der Waals surface area contributed by atoms with Gasteiger partial charge in [-0.2, -0.15) is 0 Å². The zero-order valence-corrected chi connectivity index (χ0v) is 13.9. The normalized spacial score (nSPS) is 10.7. The lowest BCUT2D eigenvalue weighted by Crippen LogP contribution is -2.04. The van der Waals surface area contributed by atoms with E-state index in [0.29, 0.717) is 6.61 Å². The molecule has 0 heterocycles. The minimum atomic E-state index is 0.646. The highest BCUT2D eigenvalue weighted by atomic mass is 16.5. The first-order valence-electron chi connectivity index (χ1n) is 7.81. The van der Waals surface area contributed by atoms with Crippen LogP contribution in [-0.2, 0) is 13.0 Å². The molecular formula is C20H26O. The standard InChI is InChI=1S/C20H26O/c1-6-7-18-8-10-19(11-9-18)21-13-20-16(4)14(2)12-15(3)17(20)5/h8-12H,6-7,13H2,1-5H3. The topological polar surface area (TPSA) is 9.23 Å². The second-order valence-corrected chi connectivity index (χ2v) is 5.92. The van der Waals surface area contributed by atoms with Crippen LogP contribution in [0.5, 0.6) is 5.75 Å². The lowest BCUT2D eigenvalue weighted by molar-refractivity contribution is 0.304. The molecule has 0 aliphatic carbocycles. The maximum absolute atomic E-state index is 6.00. The van der Waals surface area contributed by atoms with E-state index in [-0.39, 0.29) is 0 Å². The summed E-state index contributed by atoms with van der Waals surface area (Å²) in [6.45, 7) is 11.6. The Morgan fingerprint density at radius 3 is 1.95 bits per heavy atom. The predicted octanol–water partition coefficient (Wildman–Crippen LogP) is 5.45. The third-order valence-electron chi connectivity index (χ3n) is 4.37. The molecule has 0 amide bonds. The van der Waals surface area contributed by atoms with E-state index in [4.69, 9.17) is 4.74 Å². The third-order valence-corrected chi connectivity index (χ3v) is 4.37. The Bertz CT molecular complexity index is 582. The summed E-state index contributed by atoms with van der Waals surface area (Å²) in [5.41, 5.74) is 8.08. The van der Waals surface area contributed by atoms with Crippen LogP contribution in [0.1, 0.15) is 46.7 Å². The Balaban J connectivity index is 2.13. The Hall–Kier alpha value is -1.76. The van der Waals surface area contributed by atoms with E-state index < -0.39 is 0 Å². The number of benzene rings is 2. The van der Waals surface area contributed by atoms with Crippen molar-refractivity contribution >= 4 is 0 Å². The highest BCUT2D eigenvalue weighted by Crippen LogP contribution is 2.23. The van der Waals surface area contributed by atoms with Crippen molar-refractivity contribution in [3.63, 3.8) is 0 Å². The highest BCUT2D eigenvalue weighted by Gasteiger charge is 2.09. The predicted molar refractivity (Wildman–Crippen MR) is 90.2 cm³/mol. The molecule has 0 aliphatic heterocycles. The van der Waals surface area contributed by atoms with Crippen molar-refractivity contribution in [2.24, 2.45) is 0 Å². The Labute approximate surface area is 129 Å². The Kier molecular flexibility index (Phi) is 5.06. The average molecular weight is 282 g/mol. The van der Waals surface area contributed by atoms with Gasteiger partial charge in [-0.3, -0.25) is 0 Å². The summed E-state index contributed by atoms with van der Waals surface area (Å²) in [7, 11) is 0. The van der Waals surface area contributed by atoms with E-state index >= 15 is 0 Å². The van der Waals surface area contributed by atoms with E-state index in [0.717, 1.165) is 12.2 Å². The summed E-state index contributed by atoms with van der Waals surface area (Å²) < 4.78 is 6.00. The van der Waals surface area contributed by atoms with Gasteiger partial charge in [-0.15, -0.1) is 0 Å². The summed E-state index contributed by atoms with van der Waals surface area (Å²) in [5.74, 6) is 0.952. The zero-order valence-electron chi connectivity index (χ0n) is 13.9. The molecule has 0 saturated heterocycles. The second-order valence-electron chi connectivity index (χ2n) is 5.92. The summed E-state index contributed by atoms with van der Waals surface area (Å²) >= 11 is 0. The maximum Gasteiger partial charge on any atom is 0.119 e. The lowest BCUT2D eigenvalue weighted by atomic mass is 9.95. The molecule has 2 rings (SSSR count). The molecule has 2 aromatic carbocycles. The van der Waals surface area contributed by atoms with Crippen LogP contribution >= 0.6 is 0 Å². The minimum Gasteiger partial charge on any atom is -0.489 e. The van der Waals surface area contributed by atoms with Gasteiger partial charge in [-0.25, -0.2) is 0 Å². The van der Waals surface area contributed by atoms with Gasteiger partial charge in [0.2, 0.25) is 0 Å². The minimum absolute atomic E-state index is 0.646. The van der Waals surface area contributed by atoms with Crippen LogP contribution in [0.15, 0.2) is 30.3 Å². The first kappa shape index (κ1) is 15.6. The fourth-order valence-electron chi connectivity index (χ4n) is 2.71. The molecule has 112 valence electrons. The van der Waals surface area contributed by atoms with Crippen LogP contribution in [0.2, 0.25) is 0 Å². The van der Waals surface area contributed by atoms with Crippen molar-refractivity contribution in [3.8, 4) is 5.75 Å². The molecule has 0 N–H and O–H groups in total. The van der Waals surface area contributed by atoms with Gasteiger partial charge >= 0.3 is 0 Å².